The van der Waals surface area contributed by atoms with E-state index in [2.05, 4.69) is 5.32 Å². The number of rotatable bonds is 4. The molecule has 1 aliphatic heterocycles. The highest BCUT2D eigenvalue weighted by Gasteiger charge is 2.34. The minimum atomic E-state index is -0.0308. The molecule has 2 fully saturated rings. The van der Waals surface area contributed by atoms with Crippen molar-refractivity contribution < 1.29 is 9.59 Å². The fourth-order valence-corrected chi connectivity index (χ4v) is 5.27. The number of carbonyl (C=O) groups is 2. The average molecular weight is 395 g/mol. The molecule has 2 aromatic rings. The van der Waals surface area contributed by atoms with Gasteiger partial charge in [-0.15, -0.1) is 11.8 Å². The number of nitrogens with zero attached hydrogens (tertiary/aromatic N) is 1. The Morgan fingerprint density at radius 3 is 2.46 bits per heavy atom. The van der Waals surface area contributed by atoms with Crippen LogP contribution >= 0.6 is 11.8 Å². The number of benzene rings is 2. The Labute approximate surface area is 170 Å². The molecular weight excluding hydrogens is 368 g/mol. The molecule has 0 bridgehead atoms. The van der Waals surface area contributed by atoms with Crippen LogP contribution < -0.4 is 10.2 Å². The Morgan fingerprint density at radius 1 is 1.04 bits per heavy atom. The van der Waals surface area contributed by atoms with Crippen LogP contribution in [-0.4, -0.2) is 17.6 Å². The lowest BCUT2D eigenvalue weighted by molar-refractivity contribution is -0.120. The van der Waals surface area contributed by atoms with Crippen molar-refractivity contribution in [2.24, 2.45) is 5.92 Å². The van der Waals surface area contributed by atoms with Crippen molar-refractivity contribution in [1.29, 1.82) is 0 Å². The van der Waals surface area contributed by atoms with Gasteiger partial charge in [0.15, 0.2) is 0 Å². The number of para-hydroxylation sites is 1. The second-order valence-electron chi connectivity index (χ2n) is 7.66. The van der Waals surface area contributed by atoms with Crippen molar-refractivity contribution in [1.82, 2.24) is 0 Å². The van der Waals surface area contributed by atoms with E-state index in [1.54, 1.807) is 11.8 Å². The van der Waals surface area contributed by atoms with Gasteiger partial charge in [0.1, 0.15) is 5.37 Å². The van der Waals surface area contributed by atoms with Gasteiger partial charge in [0.2, 0.25) is 11.8 Å². The van der Waals surface area contributed by atoms with Gasteiger partial charge < -0.3 is 5.32 Å². The van der Waals surface area contributed by atoms with Gasteiger partial charge >= 0.3 is 0 Å². The number of nitrogens with one attached hydrogen (secondary N) is 1. The Morgan fingerprint density at radius 2 is 1.75 bits per heavy atom. The predicted octanol–water partition coefficient (Wildman–Crippen LogP) is 5.29. The lowest BCUT2D eigenvalue weighted by atomic mass is 9.88. The van der Waals surface area contributed by atoms with Crippen LogP contribution in [0.2, 0.25) is 0 Å². The molecule has 1 heterocycles. The largest absolute Gasteiger partial charge is 0.326 e. The maximum atomic E-state index is 12.5. The second-order valence-corrected chi connectivity index (χ2v) is 8.73. The summed E-state index contributed by atoms with van der Waals surface area (Å²) in [6, 6.07) is 16.0. The van der Waals surface area contributed by atoms with E-state index < -0.39 is 0 Å². The zero-order valence-electron chi connectivity index (χ0n) is 16.2. The van der Waals surface area contributed by atoms with Crippen LogP contribution in [0.4, 0.5) is 11.4 Å². The first-order valence-electron chi connectivity index (χ1n) is 10.0. The molecule has 4 rings (SSSR count). The van der Waals surface area contributed by atoms with Crippen LogP contribution in [-0.2, 0) is 9.59 Å². The van der Waals surface area contributed by atoms with Crippen LogP contribution in [0.15, 0.2) is 48.5 Å². The van der Waals surface area contributed by atoms with Gasteiger partial charge in [-0.05, 0) is 49.1 Å². The predicted molar refractivity (Wildman–Crippen MR) is 116 cm³/mol. The van der Waals surface area contributed by atoms with Crippen LogP contribution in [0.3, 0.4) is 0 Å². The molecule has 1 N–H and O–H groups in total. The average Bonchev–Trinajstić information content (AvgIpc) is 3.11. The molecule has 1 unspecified atom stereocenters. The minimum Gasteiger partial charge on any atom is -0.326 e. The molecule has 1 atom stereocenters. The monoisotopic (exact) mass is 394 g/mol. The van der Waals surface area contributed by atoms with E-state index >= 15 is 0 Å². The Kier molecular flexibility index (Phi) is 5.72. The maximum Gasteiger partial charge on any atom is 0.238 e. The van der Waals surface area contributed by atoms with Crippen molar-refractivity contribution in [3.05, 3.63) is 59.7 Å². The third kappa shape index (κ3) is 3.95. The standard InChI is InChI=1S/C23H26N2O2S/c1-16-7-5-6-10-20(16)25-21(26)15-28-23(25)18-11-13-19(14-12-18)24-22(27)17-8-3-2-4-9-17/h5-7,10-14,17,23H,2-4,8-9,15H2,1H3,(H,24,27). The number of carbonyl (C=O) groups excluding carboxylic acids is 2. The summed E-state index contributed by atoms with van der Waals surface area (Å²) in [6.45, 7) is 2.03. The fraction of sp³-hybridized carbons (Fsp3) is 0.391. The quantitative estimate of drug-likeness (QED) is 0.766. The van der Waals surface area contributed by atoms with Crippen LogP contribution in [0.1, 0.15) is 48.6 Å². The van der Waals surface area contributed by atoms with E-state index in [9.17, 15) is 9.59 Å². The third-order valence-electron chi connectivity index (χ3n) is 5.68. The van der Waals surface area contributed by atoms with Gasteiger partial charge in [-0.1, -0.05) is 49.6 Å². The number of thioether (sulfide) groups is 1. The molecule has 146 valence electrons. The lowest BCUT2D eigenvalue weighted by Gasteiger charge is -2.26. The fourth-order valence-electron chi connectivity index (χ4n) is 4.10. The summed E-state index contributed by atoms with van der Waals surface area (Å²) in [5.74, 6) is 0.908. The minimum absolute atomic E-state index is 0.0308. The summed E-state index contributed by atoms with van der Waals surface area (Å²) < 4.78 is 0. The molecule has 28 heavy (non-hydrogen) atoms. The summed E-state index contributed by atoms with van der Waals surface area (Å²) in [6.07, 6.45) is 5.54. The van der Waals surface area contributed by atoms with Gasteiger partial charge in [0.05, 0.1) is 5.75 Å². The van der Waals surface area contributed by atoms with E-state index in [4.69, 9.17) is 0 Å². The summed E-state index contributed by atoms with van der Waals surface area (Å²) in [5.41, 5.74) is 3.97. The normalized spacial score (nSPS) is 20.4. The molecule has 0 spiro atoms. The highest BCUT2D eigenvalue weighted by atomic mass is 32.2. The topological polar surface area (TPSA) is 49.4 Å². The third-order valence-corrected chi connectivity index (χ3v) is 6.89. The Hall–Kier alpha value is -2.27. The van der Waals surface area contributed by atoms with Gasteiger partial charge in [-0.3, -0.25) is 14.5 Å². The van der Waals surface area contributed by atoms with E-state index in [1.165, 1.54) is 6.42 Å². The second kappa shape index (κ2) is 8.39. The molecule has 1 saturated heterocycles. The first kappa shape index (κ1) is 19.1. The van der Waals surface area contributed by atoms with Crippen molar-refractivity contribution in [3.63, 3.8) is 0 Å². The SMILES string of the molecule is Cc1ccccc1N1C(=O)CSC1c1ccc(NC(=O)C2CCCCC2)cc1. The van der Waals surface area contributed by atoms with Crippen LogP contribution in [0.25, 0.3) is 0 Å². The molecule has 1 saturated carbocycles. The summed E-state index contributed by atoms with van der Waals surface area (Å²) in [4.78, 5) is 26.9. The molecule has 0 radical (unpaired) electrons. The molecule has 4 nitrogen and oxygen atoms in total. The van der Waals surface area contributed by atoms with E-state index in [0.717, 1.165) is 48.2 Å². The van der Waals surface area contributed by atoms with Crippen LogP contribution in [0, 0.1) is 12.8 Å². The Bertz CT molecular complexity index is 859. The number of hydrogen-bond acceptors (Lipinski definition) is 3. The smallest absolute Gasteiger partial charge is 0.238 e. The molecule has 1 aliphatic carbocycles. The van der Waals surface area contributed by atoms with Gasteiger partial charge in [-0.2, -0.15) is 0 Å². The zero-order chi connectivity index (χ0) is 19.5. The summed E-state index contributed by atoms with van der Waals surface area (Å²) in [5, 5.41) is 3.03. The van der Waals surface area contributed by atoms with Crippen molar-refractivity contribution >= 4 is 35.0 Å². The van der Waals surface area contributed by atoms with E-state index in [-0.39, 0.29) is 23.1 Å². The number of amides is 2. The van der Waals surface area contributed by atoms with Crippen molar-refractivity contribution in [2.45, 2.75) is 44.4 Å². The first-order chi connectivity index (χ1) is 13.6. The van der Waals surface area contributed by atoms with Crippen molar-refractivity contribution in [2.75, 3.05) is 16.0 Å². The highest BCUT2D eigenvalue weighted by molar-refractivity contribution is 8.00. The van der Waals surface area contributed by atoms with Gasteiger partial charge in [-0.25, -0.2) is 0 Å². The molecule has 2 aromatic carbocycles. The zero-order valence-corrected chi connectivity index (χ0v) is 17.0. The molecule has 5 heteroatoms. The molecule has 2 aliphatic rings. The van der Waals surface area contributed by atoms with E-state index in [1.807, 2.05) is 60.4 Å². The number of hydrogen-bond donors (Lipinski definition) is 1. The summed E-state index contributed by atoms with van der Waals surface area (Å²) >= 11 is 1.65. The molecule has 2 amide bonds. The highest BCUT2D eigenvalue weighted by Crippen LogP contribution is 2.42. The van der Waals surface area contributed by atoms with E-state index in [0.29, 0.717) is 5.75 Å². The molecular formula is C23H26N2O2S. The van der Waals surface area contributed by atoms with Gasteiger partial charge in [0, 0.05) is 17.3 Å². The van der Waals surface area contributed by atoms with Crippen LogP contribution in [0.5, 0.6) is 0 Å². The Balaban J connectivity index is 1.49. The maximum absolute atomic E-state index is 12.5. The summed E-state index contributed by atoms with van der Waals surface area (Å²) in [7, 11) is 0. The number of anilines is 2. The molecule has 0 aromatic heterocycles. The lowest BCUT2D eigenvalue weighted by Crippen LogP contribution is -2.28. The number of aryl methyl sites for hydroxylation is 1. The first-order valence-corrected chi connectivity index (χ1v) is 11.1. The van der Waals surface area contributed by atoms with Crippen molar-refractivity contribution in [3.8, 4) is 0 Å². The van der Waals surface area contributed by atoms with Gasteiger partial charge in [0.25, 0.3) is 0 Å².